The first-order chi connectivity index (χ1) is 9.22. The van der Waals surface area contributed by atoms with Crippen molar-refractivity contribution in [1.29, 1.82) is 0 Å². The van der Waals surface area contributed by atoms with E-state index < -0.39 is 0 Å². The quantitative estimate of drug-likeness (QED) is 0.849. The van der Waals surface area contributed by atoms with Gasteiger partial charge in [0.05, 0.1) is 0 Å². The van der Waals surface area contributed by atoms with Crippen LogP contribution in [0.15, 0.2) is 18.2 Å². The molecule has 1 aliphatic rings. The molecule has 0 aromatic heterocycles. The van der Waals surface area contributed by atoms with Crippen LogP contribution in [0.25, 0.3) is 0 Å². The third-order valence-electron chi connectivity index (χ3n) is 4.03. The number of nitrogens with one attached hydrogen (secondary N) is 1. The molecule has 0 spiro atoms. The van der Waals surface area contributed by atoms with Gasteiger partial charge in [0.25, 0.3) is 0 Å². The van der Waals surface area contributed by atoms with Crippen molar-refractivity contribution in [2.24, 2.45) is 5.92 Å². The molecule has 1 aromatic rings. The summed E-state index contributed by atoms with van der Waals surface area (Å²) >= 11 is 0. The van der Waals surface area contributed by atoms with Crippen molar-refractivity contribution in [1.82, 2.24) is 10.2 Å². The first-order valence-electron chi connectivity index (χ1n) is 7.43. The van der Waals surface area contributed by atoms with Gasteiger partial charge in [-0.15, -0.1) is 0 Å². The summed E-state index contributed by atoms with van der Waals surface area (Å²) < 4.78 is 13.9. The van der Waals surface area contributed by atoms with Gasteiger partial charge in [-0.05, 0) is 37.1 Å². The zero-order valence-corrected chi connectivity index (χ0v) is 12.1. The molecular formula is C16H25FN2. The van der Waals surface area contributed by atoms with Crippen LogP contribution < -0.4 is 5.32 Å². The van der Waals surface area contributed by atoms with Crippen molar-refractivity contribution >= 4 is 0 Å². The minimum Gasteiger partial charge on any atom is -0.313 e. The second kappa shape index (κ2) is 7.01. The van der Waals surface area contributed by atoms with Crippen LogP contribution in [0.3, 0.4) is 0 Å². The molecule has 19 heavy (non-hydrogen) atoms. The Morgan fingerprint density at radius 2 is 2.21 bits per heavy atom. The second-order valence-electron chi connectivity index (χ2n) is 5.50. The number of hydrogen-bond acceptors (Lipinski definition) is 2. The minimum atomic E-state index is -0.0693. The molecular weight excluding hydrogens is 239 g/mol. The summed E-state index contributed by atoms with van der Waals surface area (Å²) in [6.07, 6.45) is 2.49. The molecule has 0 amide bonds. The zero-order chi connectivity index (χ0) is 13.7. The lowest BCUT2D eigenvalue weighted by atomic mass is 10.1. The smallest absolute Gasteiger partial charge is 0.127 e. The van der Waals surface area contributed by atoms with Crippen molar-refractivity contribution in [3.8, 4) is 0 Å². The number of likely N-dealkylation sites (tertiary alicyclic amines) is 1. The van der Waals surface area contributed by atoms with Crippen LogP contribution in [-0.2, 0) is 13.1 Å². The second-order valence-corrected chi connectivity index (χ2v) is 5.50. The Hall–Kier alpha value is -0.930. The van der Waals surface area contributed by atoms with Crippen LogP contribution in [0.4, 0.5) is 4.39 Å². The number of benzene rings is 1. The maximum atomic E-state index is 13.9. The van der Waals surface area contributed by atoms with E-state index in [0.717, 1.165) is 44.2 Å². The summed E-state index contributed by atoms with van der Waals surface area (Å²) in [7, 11) is 0. The number of rotatable bonds is 6. The Morgan fingerprint density at radius 1 is 1.37 bits per heavy atom. The molecule has 0 saturated carbocycles. The van der Waals surface area contributed by atoms with E-state index >= 15 is 0 Å². The highest BCUT2D eigenvalue weighted by atomic mass is 19.1. The topological polar surface area (TPSA) is 15.3 Å². The summed E-state index contributed by atoms with van der Waals surface area (Å²) in [6, 6.07) is 5.49. The van der Waals surface area contributed by atoms with Gasteiger partial charge in [-0.1, -0.05) is 32.4 Å². The standard InChI is InChI=1S/C16H25FN2/c1-3-13-7-8-19(11-13)12-15-9-14(10-18-4-2)5-6-16(15)17/h5-6,9,13,18H,3-4,7-8,10-12H2,1-2H3. The van der Waals surface area contributed by atoms with Gasteiger partial charge in [-0.25, -0.2) is 4.39 Å². The average Bonchev–Trinajstić information content (AvgIpc) is 2.87. The summed E-state index contributed by atoms with van der Waals surface area (Å²) in [5.41, 5.74) is 2.01. The molecule has 1 atom stereocenters. The molecule has 2 nitrogen and oxygen atoms in total. The van der Waals surface area contributed by atoms with Gasteiger partial charge >= 0.3 is 0 Å². The fourth-order valence-corrected chi connectivity index (χ4v) is 2.76. The SMILES string of the molecule is CCNCc1ccc(F)c(CN2CCC(CC)C2)c1. The first-order valence-corrected chi connectivity index (χ1v) is 7.43. The van der Waals surface area contributed by atoms with E-state index in [0.29, 0.717) is 0 Å². The van der Waals surface area contributed by atoms with Gasteiger partial charge in [-0.3, -0.25) is 4.90 Å². The highest BCUT2D eigenvalue weighted by molar-refractivity contribution is 5.25. The Kier molecular flexibility index (Phi) is 5.34. The van der Waals surface area contributed by atoms with Gasteiger partial charge in [0.15, 0.2) is 0 Å². The molecule has 1 N–H and O–H groups in total. The molecule has 1 heterocycles. The summed E-state index contributed by atoms with van der Waals surface area (Å²) in [6.45, 7) is 9.06. The molecule has 2 rings (SSSR count). The fraction of sp³-hybridized carbons (Fsp3) is 0.625. The van der Waals surface area contributed by atoms with Gasteiger partial charge in [0.2, 0.25) is 0 Å². The van der Waals surface area contributed by atoms with Gasteiger partial charge in [-0.2, -0.15) is 0 Å². The monoisotopic (exact) mass is 264 g/mol. The van der Waals surface area contributed by atoms with Crippen LogP contribution in [0.1, 0.15) is 37.8 Å². The maximum absolute atomic E-state index is 13.9. The predicted octanol–water partition coefficient (Wildman–Crippen LogP) is 3.17. The highest BCUT2D eigenvalue weighted by Gasteiger charge is 2.21. The van der Waals surface area contributed by atoms with Crippen LogP contribution in [0.2, 0.25) is 0 Å². The van der Waals surface area contributed by atoms with E-state index in [1.165, 1.54) is 18.4 Å². The van der Waals surface area contributed by atoms with E-state index in [9.17, 15) is 4.39 Å². The lowest BCUT2D eigenvalue weighted by molar-refractivity contribution is 0.310. The molecule has 1 saturated heterocycles. The van der Waals surface area contributed by atoms with Crippen molar-refractivity contribution in [2.75, 3.05) is 19.6 Å². The van der Waals surface area contributed by atoms with Crippen molar-refractivity contribution in [3.63, 3.8) is 0 Å². The first kappa shape index (κ1) is 14.5. The summed E-state index contributed by atoms with van der Waals surface area (Å²) in [4.78, 5) is 2.38. The van der Waals surface area contributed by atoms with E-state index in [4.69, 9.17) is 0 Å². The van der Waals surface area contributed by atoms with Crippen LogP contribution >= 0.6 is 0 Å². The van der Waals surface area contributed by atoms with Gasteiger partial charge in [0, 0.05) is 25.2 Å². The van der Waals surface area contributed by atoms with E-state index in [1.54, 1.807) is 6.07 Å². The normalized spacial score (nSPS) is 20.1. The van der Waals surface area contributed by atoms with Crippen LogP contribution in [0.5, 0.6) is 0 Å². The Labute approximate surface area is 116 Å². The highest BCUT2D eigenvalue weighted by Crippen LogP contribution is 2.22. The molecule has 106 valence electrons. The lowest BCUT2D eigenvalue weighted by Gasteiger charge is -2.17. The molecule has 1 fully saturated rings. The number of hydrogen-bond donors (Lipinski definition) is 1. The summed E-state index contributed by atoms with van der Waals surface area (Å²) in [5.74, 6) is 0.730. The lowest BCUT2D eigenvalue weighted by Crippen LogP contribution is -2.21. The number of nitrogens with zero attached hydrogens (tertiary/aromatic N) is 1. The molecule has 0 aliphatic carbocycles. The molecule has 1 aromatic carbocycles. The van der Waals surface area contributed by atoms with Crippen molar-refractivity contribution < 1.29 is 4.39 Å². The minimum absolute atomic E-state index is 0.0693. The molecule has 1 unspecified atom stereocenters. The fourth-order valence-electron chi connectivity index (χ4n) is 2.76. The van der Waals surface area contributed by atoms with Gasteiger partial charge in [0.1, 0.15) is 5.82 Å². The molecule has 0 bridgehead atoms. The van der Waals surface area contributed by atoms with E-state index in [-0.39, 0.29) is 5.82 Å². The number of halogens is 1. The molecule has 3 heteroatoms. The zero-order valence-electron chi connectivity index (χ0n) is 12.1. The van der Waals surface area contributed by atoms with E-state index in [2.05, 4.69) is 24.1 Å². The Morgan fingerprint density at radius 3 is 2.89 bits per heavy atom. The average molecular weight is 264 g/mol. The summed E-state index contributed by atoms with van der Waals surface area (Å²) in [5, 5.41) is 3.28. The van der Waals surface area contributed by atoms with Crippen LogP contribution in [0, 0.1) is 11.7 Å². The van der Waals surface area contributed by atoms with Gasteiger partial charge < -0.3 is 5.32 Å². The third kappa shape index (κ3) is 4.02. The molecule has 0 radical (unpaired) electrons. The Bertz CT molecular complexity index is 406. The van der Waals surface area contributed by atoms with Crippen LogP contribution in [-0.4, -0.2) is 24.5 Å². The third-order valence-corrected chi connectivity index (χ3v) is 4.03. The Balaban J connectivity index is 1.98. The van der Waals surface area contributed by atoms with Crippen molar-refractivity contribution in [3.05, 3.63) is 35.1 Å². The largest absolute Gasteiger partial charge is 0.313 e. The van der Waals surface area contributed by atoms with Crippen molar-refractivity contribution in [2.45, 2.75) is 39.8 Å². The maximum Gasteiger partial charge on any atom is 0.127 e. The van der Waals surface area contributed by atoms with E-state index in [1.807, 2.05) is 12.1 Å². The predicted molar refractivity (Wildman–Crippen MR) is 77.5 cm³/mol. The molecule has 1 aliphatic heterocycles.